The summed E-state index contributed by atoms with van der Waals surface area (Å²) in [6.45, 7) is 5.92. The normalized spacial score (nSPS) is 11.9. The van der Waals surface area contributed by atoms with Crippen molar-refractivity contribution in [3.05, 3.63) is 48.0 Å². The van der Waals surface area contributed by atoms with Crippen LogP contribution < -0.4 is 0 Å². The van der Waals surface area contributed by atoms with E-state index in [1.54, 1.807) is 0 Å². The zero-order chi connectivity index (χ0) is 12.0. The maximum Gasteiger partial charge on any atom is 0.337 e. The van der Waals surface area contributed by atoms with E-state index < -0.39 is 0 Å². The molecule has 1 rings (SSSR count). The predicted octanol–water partition coefficient (Wildman–Crippen LogP) is 3.23. The summed E-state index contributed by atoms with van der Waals surface area (Å²) in [5.41, 5.74) is 1.84. The lowest BCUT2D eigenvalue weighted by atomic mass is 9.97. The Morgan fingerprint density at radius 2 is 2.06 bits per heavy atom. The largest absolute Gasteiger partial charge is 0.465 e. The van der Waals surface area contributed by atoms with Gasteiger partial charge in [-0.3, -0.25) is 0 Å². The molecule has 0 aliphatic carbocycles. The van der Waals surface area contributed by atoms with Crippen molar-refractivity contribution >= 4 is 5.97 Å². The number of carbonyl (C=O) groups is 1. The van der Waals surface area contributed by atoms with Crippen LogP contribution in [-0.4, -0.2) is 13.1 Å². The van der Waals surface area contributed by atoms with Gasteiger partial charge in [0, 0.05) is 0 Å². The van der Waals surface area contributed by atoms with Gasteiger partial charge in [-0.1, -0.05) is 25.1 Å². The molecule has 0 bridgehead atoms. The van der Waals surface area contributed by atoms with Gasteiger partial charge in [-0.05, 0) is 36.5 Å². The van der Waals surface area contributed by atoms with Crippen molar-refractivity contribution in [2.45, 2.75) is 19.8 Å². The van der Waals surface area contributed by atoms with E-state index in [4.69, 9.17) is 0 Å². The van der Waals surface area contributed by atoms with Crippen LogP contribution in [0.15, 0.2) is 36.9 Å². The number of carbonyl (C=O) groups excluding carboxylic acids is 1. The Kier molecular flexibility index (Phi) is 4.77. The van der Waals surface area contributed by atoms with Gasteiger partial charge in [0.1, 0.15) is 0 Å². The highest BCUT2D eigenvalue weighted by Gasteiger charge is 2.06. The number of ether oxygens (including phenoxy) is 1. The molecular formula is C14H18O2. The highest BCUT2D eigenvalue weighted by atomic mass is 16.5. The second kappa shape index (κ2) is 6.11. The van der Waals surface area contributed by atoms with E-state index in [2.05, 4.69) is 18.2 Å². The summed E-state index contributed by atoms with van der Waals surface area (Å²) in [4.78, 5) is 11.2. The number of allylic oxidation sites excluding steroid dienone is 1. The summed E-state index contributed by atoms with van der Waals surface area (Å²) < 4.78 is 4.64. The molecule has 0 aromatic heterocycles. The van der Waals surface area contributed by atoms with Crippen molar-refractivity contribution in [1.29, 1.82) is 0 Å². The first-order valence-corrected chi connectivity index (χ1v) is 5.45. The Morgan fingerprint density at radius 1 is 1.44 bits per heavy atom. The Hall–Kier alpha value is -1.57. The fourth-order valence-corrected chi connectivity index (χ4v) is 1.66. The molecule has 1 atom stereocenters. The summed E-state index contributed by atoms with van der Waals surface area (Å²) in [7, 11) is 1.39. The van der Waals surface area contributed by atoms with Crippen molar-refractivity contribution in [2.75, 3.05) is 7.11 Å². The molecule has 16 heavy (non-hydrogen) atoms. The molecule has 2 nitrogen and oxygen atoms in total. The highest BCUT2D eigenvalue weighted by Crippen LogP contribution is 2.13. The van der Waals surface area contributed by atoms with Crippen molar-refractivity contribution in [3.63, 3.8) is 0 Å². The summed E-state index contributed by atoms with van der Waals surface area (Å²) >= 11 is 0. The number of rotatable bonds is 5. The third kappa shape index (κ3) is 3.54. The van der Waals surface area contributed by atoms with Gasteiger partial charge in [-0.2, -0.15) is 0 Å². The second-order valence-corrected chi connectivity index (χ2v) is 4.02. The SMILES string of the molecule is C=CCC(C)Cc1ccc(C(=O)OC)cc1. The van der Waals surface area contributed by atoms with Crippen molar-refractivity contribution in [2.24, 2.45) is 5.92 Å². The van der Waals surface area contributed by atoms with Crippen molar-refractivity contribution in [1.82, 2.24) is 0 Å². The molecule has 0 fully saturated rings. The molecule has 0 aliphatic heterocycles. The average molecular weight is 218 g/mol. The number of benzene rings is 1. The summed E-state index contributed by atoms with van der Waals surface area (Å²) in [5.74, 6) is 0.298. The van der Waals surface area contributed by atoms with Crippen LogP contribution in [0.25, 0.3) is 0 Å². The number of hydrogen-bond donors (Lipinski definition) is 0. The molecule has 2 heteroatoms. The lowest BCUT2D eigenvalue weighted by Crippen LogP contribution is -2.02. The zero-order valence-corrected chi connectivity index (χ0v) is 9.90. The molecule has 1 aromatic carbocycles. The van der Waals surface area contributed by atoms with E-state index in [9.17, 15) is 4.79 Å². The predicted molar refractivity (Wildman–Crippen MR) is 65.5 cm³/mol. The maximum absolute atomic E-state index is 11.2. The Labute approximate surface area is 96.9 Å². The lowest BCUT2D eigenvalue weighted by molar-refractivity contribution is 0.0600. The van der Waals surface area contributed by atoms with Crippen molar-refractivity contribution in [3.8, 4) is 0 Å². The smallest absolute Gasteiger partial charge is 0.337 e. The van der Waals surface area contributed by atoms with Crippen LogP contribution >= 0.6 is 0 Å². The fraction of sp³-hybridized carbons (Fsp3) is 0.357. The van der Waals surface area contributed by atoms with E-state index in [0.29, 0.717) is 11.5 Å². The van der Waals surface area contributed by atoms with E-state index in [-0.39, 0.29) is 5.97 Å². The summed E-state index contributed by atoms with van der Waals surface area (Å²) in [6, 6.07) is 7.57. The van der Waals surface area contributed by atoms with Gasteiger partial charge in [-0.15, -0.1) is 6.58 Å². The molecule has 0 saturated carbocycles. The lowest BCUT2D eigenvalue weighted by Gasteiger charge is -2.08. The second-order valence-electron chi connectivity index (χ2n) is 4.02. The van der Waals surface area contributed by atoms with Crippen LogP contribution in [0, 0.1) is 5.92 Å². The zero-order valence-electron chi connectivity index (χ0n) is 9.90. The van der Waals surface area contributed by atoms with Crippen LogP contribution in [0.4, 0.5) is 0 Å². The van der Waals surface area contributed by atoms with Crippen LogP contribution in [0.1, 0.15) is 29.3 Å². The molecule has 0 spiro atoms. The molecule has 0 saturated heterocycles. The number of methoxy groups -OCH3 is 1. The molecule has 1 unspecified atom stereocenters. The maximum atomic E-state index is 11.2. The van der Waals surface area contributed by atoms with Gasteiger partial charge in [0.2, 0.25) is 0 Å². The van der Waals surface area contributed by atoms with E-state index in [1.807, 2.05) is 30.3 Å². The minimum absolute atomic E-state index is 0.286. The van der Waals surface area contributed by atoms with Crippen LogP contribution in [0.2, 0.25) is 0 Å². The first kappa shape index (κ1) is 12.5. The number of hydrogen-bond acceptors (Lipinski definition) is 2. The van der Waals surface area contributed by atoms with Crippen LogP contribution in [0.3, 0.4) is 0 Å². The van der Waals surface area contributed by atoms with Gasteiger partial charge in [0.05, 0.1) is 12.7 Å². The topological polar surface area (TPSA) is 26.3 Å². The van der Waals surface area contributed by atoms with Gasteiger partial charge in [0.15, 0.2) is 0 Å². The molecule has 1 aromatic rings. The quantitative estimate of drug-likeness (QED) is 0.560. The Bertz CT molecular complexity index is 352. The minimum atomic E-state index is -0.286. The molecule has 0 amide bonds. The van der Waals surface area contributed by atoms with E-state index in [1.165, 1.54) is 12.7 Å². The van der Waals surface area contributed by atoms with Gasteiger partial charge in [0.25, 0.3) is 0 Å². The summed E-state index contributed by atoms with van der Waals surface area (Å²) in [5, 5.41) is 0. The molecular weight excluding hydrogens is 200 g/mol. The van der Waals surface area contributed by atoms with E-state index >= 15 is 0 Å². The average Bonchev–Trinajstić information content (AvgIpc) is 2.29. The number of esters is 1. The van der Waals surface area contributed by atoms with Gasteiger partial charge in [-0.25, -0.2) is 4.79 Å². The fourth-order valence-electron chi connectivity index (χ4n) is 1.66. The highest BCUT2D eigenvalue weighted by molar-refractivity contribution is 5.89. The van der Waals surface area contributed by atoms with Gasteiger partial charge >= 0.3 is 5.97 Å². The first-order chi connectivity index (χ1) is 7.67. The first-order valence-electron chi connectivity index (χ1n) is 5.45. The standard InChI is InChI=1S/C14H18O2/c1-4-5-11(2)10-12-6-8-13(9-7-12)14(15)16-3/h4,6-9,11H,1,5,10H2,2-3H3. The Morgan fingerprint density at radius 3 is 2.56 bits per heavy atom. The molecule has 0 radical (unpaired) electrons. The molecule has 0 heterocycles. The van der Waals surface area contributed by atoms with Crippen LogP contribution in [0.5, 0.6) is 0 Å². The van der Waals surface area contributed by atoms with E-state index in [0.717, 1.165) is 12.8 Å². The Balaban J connectivity index is 2.64. The molecule has 86 valence electrons. The van der Waals surface area contributed by atoms with Gasteiger partial charge < -0.3 is 4.74 Å². The molecule has 0 N–H and O–H groups in total. The monoisotopic (exact) mass is 218 g/mol. The third-order valence-electron chi connectivity index (χ3n) is 2.53. The third-order valence-corrected chi connectivity index (χ3v) is 2.53. The van der Waals surface area contributed by atoms with Crippen molar-refractivity contribution < 1.29 is 9.53 Å². The minimum Gasteiger partial charge on any atom is -0.465 e. The van der Waals surface area contributed by atoms with Crippen LogP contribution in [-0.2, 0) is 11.2 Å². The summed E-state index contributed by atoms with van der Waals surface area (Å²) in [6.07, 6.45) is 3.96. The molecule has 0 aliphatic rings.